The van der Waals surface area contributed by atoms with Crippen molar-refractivity contribution in [2.24, 2.45) is 0 Å². The highest BCUT2D eigenvalue weighted by atomic mass is 31.2. The minimum Gasteiger partial charge on any atom is -0.336 e. The molecule has 190 valence electrons. The lowest BCUT2D eigenvalue weighted by Gasteiger charge is -2.39. The SMILES string of the molecule is C=CP(=O)(O)C(=O)c1c(C)cc(C)cc1C.CCCC[N+](CCCC)(CCCC)CCCC. The molecule has 0 saturated heterocycles. The van der Waals surface area contributed by atoms with Crippen LogP contribution in [0.25, 0.3) is 0 Å². The number of nitrogens with zero attached hydrogens (tertiary/aromatic N) is 1. The molecule has 0 heterocycles. The maximum atomic E-state index is 11.9. The quantitative estimate of drug-likeness (QED) is 0.203. The molecule has 5 heteroatoms. The number of quaternary nitrogens is 1. The van der Waals surface area contributed by atoms with Crippen molar-refractivity contribution < 1.29 is 18.7 Å². The van der Waals surface area contributed by atoms with E-state index in [-0.39, 0.29) is 0 Å². The summed E-state index contributed by atoms with van der Waals surface area (Å²) in [6, 6.07) is 3.65. The average Bonchev–Trinajstić information content (AvgIpc) is 2.77. The van der Waals surface area contributed by atoms with Gasteiger partial charge >= 0.3 is 0 Å². The minimum atomic E-state index is -3.93. The summed E-state index contributed by atoms with van der Waals surface area (Å²) in [5, 5.41) is 0. The zero-order valence-electron chi connectivity index (χ0n) is 22.6. The lowest BCUT2D eigenvalue weighted by atomic mass is 10.0. The Balaban J connectivity index is 0.000000621. The maximum Gasteiger partial charge on any atom is 0.290 e. The Morgan fingerprint density at radius 1 is 0.848 bits per heavy atom. The molecule has 0 aliphatic heterocycles. The summed E-state index contributed by atoms with van der Waals surface area (Å²) in [6.07, 6.45) is 11.1. The van der Waals surface area contributed by atoms with Crippen LogP contribution in [-0.2, 0) is 4.57 Å². The molecule has 33 heavy (non-hydrogen) atoms. The first-order valence-corrected chi connectivity index (χ1v) is 14.7. The number of benzene rings is 1. The van der Waals surface area contributed by atoms with Gasteiger partial charge in [-0.05, 0) is 57.6 Å². The number of unbranched alkanes of at least 4 members (excludes halogenated alkanes) is 4. The van der Waals surface area contributed by atoms with Crippen LogP contribution in [-0.4, -0.2) is 41.1 Å². The van der Waals surface area contributed by atoms with Gasteiger partial charge < -0.3 is 9.38 Å². The van der Waals surface area contributed by atoms with Crippen LogP contribution in [0.15, 0.2) is 24.5 Å². The molecule has 0 aliphatic carbocycles. The monoisotopic (exact) mass is 480 g/mol. The number of carbonyl (C=O) groups excluding carboxylic acids is 1. The Morgan fingerprint density at radius 2 is 1.18 bits per heavy atom. The summed E-state index contributed by atoms with van der Waals surface area (Å²) in [4.78, 5) is 21.3. The second-order valence-electron chi connectivity index (χ2n) is 9.53. The van der Waals surface area contributed by atoms with E-state index in [1.165, 1.54) is 82.0 Å². The molecule has 0 spiro atoms. The fourth-order valence-electron chi connectivity index (χ4n) is 4.41. The Bertz CT molecular complexity index is 712. The fraction of sp³-hybridized carbons (Fsp3) is 0.679. The smallest absolute Gasteiger partial charge is 0.290 e. The van der Waals surface area contributed by atoms with Crippen molar-refractivity contribution >= 4 is 12.9 Å². The molecular weight excluding hydrogens is 429 g/mol. The first-order chi connectivity index (χ1) is 15.5. The Morgan fingerprint density at radius 3 is 1.45 bits per heavy atom. The van der Waals surface area contributed by atoms with Crippen LogP contribution in [0.3, 0.4) is 0 Å². The molecule has 1 atom stereocenters. The molecular formula is C28H51NO3P+. The molecule has 0 aliphatic rings. The molecule has 1 N–H and O–H groups in total. The third kappa shape index (κ3) is 11.2. The van der Waals surface area contributed by atoms with Crippen LogP contribution in [0.2, 0.25) is 0 Å². The lowest BCUT2D eigenvalue weighted by molar-refractivity contribution is -0.929. The summed E-state index contributed by atoms with van der Waals surface area (Å²) in [5.41, 5.74) is 2.06. The van der Waals surface area contributed by atoms with Gasteiger partial charge in [0.2, 0.25) is 0 Å². The van der Waals surface area contributed by atoms with Gasteiger partial charge in [0.05, 0.1) is 26.2 Å². The van der Waals surface area contributed by atoms with Gasteiger partial charge in [-0.3, -0.25) is 9.36 Å². The van der Waals surface area contributed by atoms with Crippen LogP contribution >= 0.6 is 7.37 Å². The van der Waals surface area contributed by atoms with Crippen molar-refractivity contribution in [3.63, 3.8) is 0 Å². The first kappa shape index (κ1) is 31.8. The van der Waals surface area contributed by atoms with E-state index >= 15 is 0 Å². The van der Waals surface area contributed by atoms with Gasteiger partial charge in [0.15, 0.2) is 0 Å². The van der Waals surface area contributed by atoms with E-state index in [1.807, 2.05) is 19.1 Å². The van der Waals surface area contributed by atoms with Gasteiger partial charge in [0, 0.05) is 11.4 Å². The predicted molar refractivity (Wildman–Crippen MR) is 144 cm³/mol. The Labute approximate surface area is 204 Å². The van der Waals surface area contributed by atoms with Gasteiger partial charge in [0.1, 0.15) is 0 Å². The largest absolute Gasteiger partial charge is 0.336 e. The Kier molecular flexibility index (Phi) is 15.8. The minimum absolute atomic E-state index is 0.330. The fourth-order valence-corrected chi connectivity index (χ4v) is 5.24. The molecule has 4 nitrogen and oxygen atoms in total. The molecule has 0 bridgehead atoms. The molecule has 1 rings (SSSR count). The van der Waals surface area contributed by atoms with Crippen molar-refractivity contribution in [3.8, 4) is 0 Å². The third-order valence-corrected chi connectivity index (χ3v) is 7.67. The van der Waals surface area contributed by atoms with Crippen molar-refractivity contribution in [2.45, 2.75) is 99.8 Å². The average molecular weight is 481 g/mol. The van der Waals surface area contributed by atoms with Crippen molar-refractivity contribution in [1.29, 1.82) is 0 Å². The normalized spacial score (nSPS) is 13.1. The number of carbonyl (C=O) groups is 1. The Hall–Kier alpha value is -1.22. The van der Waals surface area contributed by atoms with Crippen LogP contribution in [0.5, 0.6) is 0 Å². The van der Waals surface area contributed by atoms with E-state index in [0.717, 1.165) is 22.5 Å². The summed E-state index contributed by atoms with van der Waals surface area (Å²) < 4.78 is 13.0. The lowest BCUT2D eigenvalue weighted by Crippen LogP contribution is -2.50. The van der Waals surface area contributed by atoms with Crippen LogP contribution in [0, 0.1) is 20.8 Å². The predicted octanol–water partition coefficient (Wildman–Crippen LogP) is 8.17. The van der Waals surface area contributed by atoms with E-state index in [2.05, 4.69) is 34.3 Å². The number of hydrogen-bond acceptors (Lipinski definition) is 2. The maximum absolute atomic E-state index is 11.9. The van der Waals surface area contributed by atoms with Gasteiger partial charge in [-0.25, -0.2) is 0 Å². The van der Waals surface area contributed by atoms with Crippen LogP contribution in [0.4, 0.5) is 0 Å². The zero-order chi connectivity index (χ0) is 25.5. The molecule has 1 aromatic rings. The van der Waals surface area contributed by atoms with E-state index in [0.29, 0.717) is 5.56 Å². The van der Waals surface area contributed by atoms with Crippen molar-refractivity contribution in [2.75, 3.05) is 26.2 Å². The van der Waals surface area contributed by atoms with Crippen LogP contribution < -0.4 is 0 Å². The van der Waals surface area contributed by atoms with E-state index < -0.39 is 12.9 Å². The molecule has 0 amide bonds. The standard InChI is InChI=1S/C16H36N.C12H15O3P/c1-5-9-13-17(14-10-6-2,15-11-7-3)16-12-8-4;1-5-16(14,15)12(13)11-9(3)6-8(2)7-10(11)4/h5-16H2,1-4H3;5-7H,1H2,2-4H3,(H,14,15)/q+1;. The van der Waals surface area contributed by atoms with Crippen molar-refractivity contribution in [3.05, 3.63) is 46.8 Å². The first-order valence-electron chi connectivity index (χ1n) is 13.0. The highest BCUT2D eigenvalue weighted by Gasteiger charge is 2.29. The van der Waals surface area contributed by atoms with Crippen molar-refractivity contribution in [1.82, 2.24) is 0 Å². The zero-order valence-corrected chi connectivity index (χ0v) is 23.5. The summed E-state index contributed by atoms with van der Waals surface area (Å²) in [7, 11) is -3.93. The van der Waals surface area contributed by atoms with Gasteiger partial charge in [-0.15, -0.1) is 0 Å². The molecule has 0 radical (unpaired) electrons. The second kappa shape index (κ2) is 16.4. The number of hydrogen-bond donors (Lipinski definition) is 1. The topological polar surface area (TPSA) is 54.4 Å². The number of aryl methyl sites for hydroxylation is 3. The third-order valence-electron chi connectivity index (χ3n) is 6.37. The molecule has 1 unspecified atom stereocenters. The van der Waals surface area contributed by atoms with Crippen LogP contribution in [0.1, 0.15) is 106 Å². The highest BCUT2D eigenvalue weighted by molar-refractivity contribution is 7.78. The summed E-state index contributed by atoms with van der Waals surface area (Å²) in [6.45, 7) is 23.7. The second-order valence-corrected chi connectivity index (χ2v) is 11.6. The summed E-state index contributed by atoms with van der Waals surface area (Å²) >= 11 is 0. The highest BCUT2D eigenvalue weighted by Crippen LogP contribution is 2.46. The van der Waals surface area contributed by atoms with E-state index in [4.69, 9.17) is 0 Å². The number of rotatable bonds is 15. The molecule has 1 aromatic carbocycles. The van der Waals surface area contributed by atoms with E-state index in [9.17, 15) is 14.3 Å². The van der Waals surface area contributed by atoms with E-state index in [1.54, 1.807) is 13.8 Å². The summed E-state index contributed by atoms with van der Waals surface area (Å²) in [5.74, 6) is 0.827. The molecule has 0 aromatic heterocycles. The van der Waals surface area contributed by atoms with Gasteiger partial charge in [-0.2, -0.15) is 0 Å². The van der Waals surface area contributed by atoms with Gasteiger partial charge in [0.25, 0.3) is 12.9 Å². The van der Waals surface area contributed by atoms with Gasteiger partial charge in [-0.1, -0.05) is 77.7 Å². The molecule has 0 saturated carbocycles. The molecule has 0 fully saturated rings.